The number of aryl methyl sites for hydroxylation is 2. The van der Waals surface area contributed by atoms with Crippen molar-refractivity contribution in [3.8, 4) is 0 Å². The fraction of sp³-hybridized carbons (Fsp3) is 0.500. The number of benzene rings is 1. The number of nitrogens with zero attached hydrogens (tertiary/aromatic N) is 3. The first kappa shape index (κ1) is 13.3. The fourth-order valence-corrected chi connectivity index (χ4v) is 2.98. The summed E-state index contributed by atoms with van der Waals surface area (Å²) in [5, 5.41) is 11.4. The highest BCUT2D eigenvalue weighted by molar-refractivity contribution is 5.31. The SMILES string of the molecule is Cc1ccccc1C1CC(NCCCn2ccnn2)C1. The number of hydrogen-bond donors (Lipinski definition) is 1. The number of nitrogens with one attached hydrogen (secondary N) is 1. The molecule has 1 aromatic heterocycles. The van der Waals surface area contributed by atoms with Crippen molar-refractivity contribution >= 4 is 0 Å². The molecule has 2 aromatic rings. The van der Waals surface area contributed by atoms with Gasteiger partial charge in [0.2, 0.25) is 0 Å². The minimum absolute atomic E-state index is 0.690. The number of rotatable bonds is 6. The third-order valence-corrected chi connectivity index (χ3v) is 4.24. The topological polar surface area (TPSA) is 42.7 Å². The van der Waals surface area contributed by atoms with Crippen LogP contribution in [0.25, 0.3) is 0 Å². The standard InChI is InChI=1S/C16H22N4/c1-13-5-2-3-6-16(13)14-11-15(12-14)17-7-4-9-20-10-8-18-19-20/h2-3,5-6,8,10,14-15,17H,4,7,9,11-12H2,1H3. The van der Waals surface area contributed by atoms with Crippen LogP contribution in [0.5, 0.6) is 0 Å². The number of hydrogen-bond acceptors (Lipinski definition) is 3. The Morgan fingerprint density at radius 3 is 2.90 bits per heavy atom. The van der Waals surface area contributed by atoms with Gasteiger partial charge in [-0.25, -0.2) is 0 Å². The summed E-state index contributed by atoms with van der Waals surface area (Å²) in [6.07, 6.45) is 7.29. The van der Waals surface area contributed by atoms with Gasteiger partial charge in [0.1, 0.15) is 0 Å². The normalized spacial score (nSPS) is 21.6. The third-order valence-electron chi connectivity index (χ3n) is 4.24. The Morgan fingerprint density at radius 2 is 2.15 bits per heavy atom. The average Bonchev–Trinajstić information content (AvgIpc) is 2.91. The van der Waals surface area contributed by atoms with E-state index >= 15 is 0 Å². The molecule has 0 spiro atoms. The molecule has 4 heteroatoms. The van der Waals surface area contributed by atoms with E-state index < -0.39 is 0 Å². The summed E-state index contributed by atoms with van der Waals surface area (Å²) < 4.78 is 1.89. The summed E-state index contributed by atoms with van der Waals surface area (Å²) in [6.45, 7) is 4.22. The van der Waals surface area contributed by atoms with Crippen molar-refractivity contribution in [1.82, 2.24) is 20.3 Å². The largest absolute Gasteiger partial charge is 0.314 e. The summed E-state index contributed by atoms with van der Waals surface area (Å²) in [7, 11) is 0. The molecule has 106 valence electrons. The van der Waals surface area contributed by atoms with Crippen molar-refractivity contribution in [3.05, 3.63) is 47.8 Å². The highest BCUT2D eigenvalue weighted by atomic mass is 15.4. The van der Waals surface area contributed by atoms with Crippen LogP contribution in [0.4, 0.5) is 0 Å². The van der Waals surface area contributed by atoms with Gasteiger partial charge in [-0.2, -0.15) is 0 Å². The molecule has 1 N–H and O–H groups in total. The van der Waals surface area contributed by atoms with E-state index in [4.69, 9.17) is 0 Å². The molecule has 20 heavy (non-hydrogen) atoms. The van der Waals surface area contributed by atoms with Crippen molar-refractivity contribution in [1.29, 1.82) is 0 Å². The number of aromatic nitrogens is 3. The van der Waals surface area contributed by atoms with E-state index in [2.05, 4.69) is 46.8 Å². The molecule has 1 heterocycles. The highest BCUT2D eigenvalue weighted by Gasteiger charge is 2.30. The van der Waals surface area contributed by atoms with Crippen LogP contribution in [0.15, 0.2) is 36.7 Å². The van der Waals surface area contributed by atoms with Gasteiger partial charge in [-0.3, -0.25) is 4.68 Å². The van der Waals surface area contributed by atoms with E-state index in [1.165, 1.54) is 24.0 Å². The van der Waals surface area contributed by atoms with E-state index in [-0.39, 0.29) is 0 Å². The van der Waals surface area contributed by atoms with Gasteiger partial charge in [0.05, 0.1) is 6.20 Å². The van der Waals surface area contributed by atoms with Gasteiger partial charge >= 0.3 is 0 Å². The van der Waals surface area contributed by atoms with Crippen LogP contribution >= 0.6 is 0 Å². The summed E-state index contributed by atoms with van der Waals surface area (Å²) in [5.74, 6) is 0.754. The minimum Gasteiger partial charge on any atom is -0.314 e. The van der Waals surface area contributed by atoms with Crippen LogP contribution in [-0.2, 0) is 6.54 Å². The van der Waals surface area contributed by atoms with Gasteiger partial charge in [-0.15, -0.1) is 5.10 Å². The van der Waals surface area contributed by atoms with Crippen LogP contribution in [0.1, 0.15) is 36.3 Å². The first-order chi connectivity index (χ1) is 9.83. The Balaban J connectivity index is 1.35. The lowest BCUT2D eigenvalue weighted by molar-refractivity contribution is 0.287. The maximum Gasteiger partial charge on any atom is 0.0692 e. The first-order valence-corrected chi connectivity index (χ1v) is 7.46. The first-order valence-electron chi connectivity index (χ1n) is 7.46. The monoisotopic (exact) mass is 270 g/mol. The molecule has 0 unspecified atom stereocenters. The van der Waals surface area contributed by atoms with E-state index in [1.807, 2.05) is 10.9 Å². The van der Waals surface area contributed by atoms with Crippen molar-refractivity contribution in [2.24, 2.45) is 0 Å². The Hall–Kier alpha value is -1.68. The third kappa shape index (κ3) is 3.07. The fourth-order valence-electron chi connectivity index (χ4n) is 2.98. The lowest BCUT2D eigenvalue weighted by Gasteiger charge is -2.37. The summed E-state index contributed by atoms with van der Waals surface area (Å²) in [5.41, 5.74) is 2.97. The van der Waals surface area contributed by atoms with E-state index in [0.29, 0.717) is 6.04 Å². The van der Waals surface area contributed by atoms with E-state index in [9.17, 15) is 0 Å². The molecular weight excluding hydrogens is 248 g/mol. The van der Waals surface area contributed by atoms with Crippen molar-refractivity contribution < 1.29 is 0 Å². The zero-order valence-corrected chi connectivity index (χ0v) is 12.0. The van der Waals surface area contributed by atoms with Crippen LogP contribution in [0.3, 0.4) is 0 Å². The molecule has 1 aromatic carbocycles. The second kappa shape index (κ2) is 6.18. The van der Waals surface area contributed by atoms with Crippen molar-refractivity contribution in [3.63, 3.8) is 0 Å². The molecule has 0 amide bonds. The predicted octanol–water partition coefficient (Wildman–Crippen LogP) is 2.51. The molecule has 1 aliphatic rings. The van der Waals surface area contributed by atoms with Gasteiger partial charge in [0.25, 0.3) is 0 Å². The van der Waals surface area contributed by atoms with Gasteiger partial charge in [0.15, 0.2) is 0 Å². The van der Waals surface area contributed by atoms with Crippen LogP contribution in [0.2, 0.25) is 0 Å². The summed E-state index contributed by atoms with van der Waals surface area (Å²) >= 11 is 0. The zero-order chi connectivity index (χ0) is 13.8. The molecule has 0 aliphatic heterocycles. The quantitative estimate of drug-likeness (QED) is 0.820. The van der Waals surface area contributed by atoms with Crippen molar-refractivity contribution in [2.45, 2.75) is 44.7 Å². The van der Waals surface area contributed by atoms with Crippen molar-refractivity contribution in [2.75, 3.05) is 6.54 Å². The molecule has 0 radical (unpaired) electrons. The molecule has 1 saturated carbocycles. The Morgan fingerprint density at radius 1 is 1.30 bits per heavy atom. The van der Waals surface area contributed by atoms with Gasteiger partial charge in [-0.05, 0) is 49.8 Å². The van der Waals surface area contributed by atoms with Gasteiger partial charge in [-0.1, -0.05) is 29.5 Å². The summed E-state index contributed by atoms with van der Waals surface area (Å²) in [6, 6.07) is 9.46. The highest BCUT2D eigenvalue weighted by Crippen LogP contribution is 2.38. The van der Waals surface area contributed by atoms with E-state index in [0.717, 1.165) is 25.4 Å². The predicted molar refractivity (Wildman–Crippen MR) is 79.6 cm³/mol. The Labute approximate surface area is 120 Å². The smallest absolute Gasteiger partial charge is 0.0692 e. The van der Waals surface area contributed by atoms with Crippen LogP contribution < -0.4 is 5.32 Å². The average molecular weight is 270 g/mol. The molecule has 0 saturated heterocycles. The Bertz CT molecular complexity index is 529. The molecule has 3 rings (SSSR count). The molecule has 1 aliphatic carbocycles. The van der Waals surface area contributed by atoms with Gasteiger partial charge in [0, 0.05) is 18.8 Å². The summed E-state index contributed by atoms with van der Waals surface area (Å²) in [4.78, 5) is 0. The second-order valence-electron chi connectivity index (χ2n) is 5.70. The molecule has 0 atom stereocenters. The Kier molecular flexibility index (Phi) is 4.11. The maximum absolute atomic E-state index is 3.97. The second-order valence-corrected chi connectivity index (χ2v) is 5.70. The zero-order valence-electron chi connectivity index (χ0n) is 12.0. The van der Waals surface area contributed by atoms with Crippen LogP contribution in [-0.4, -0.2) is 27.6 Å². The molecule has 1 fully saturated rings. The van der Waals surface area contributed by atoms with Gasteiger partial charge < -0.3 is 5.32 Å². The molecule has 0 bridgehead atoms. The maximum atomic E-state index is 3.97. The molecule has 4 nitrogen and oxygen atoms in total. The molecular formula is C16H22N4. The minimum atomic E-state index is 0.690. The van der Waals surface area contributed by atoms with E-state index in [1.54, 1.807) is 6.20 Å². The lowest BCUT2D eigenvalue weighted by atomic mass is 9.74. The van der Waals surface area contributed by atoms with Crippen LogP contribution in [0, 0.1) is 6.92 Å². The lowest BCUT2D eigenvalue weighted by Crippen LogP contribution is -2.40.